The zero-order valence-corrected chi connectivity index (χ0v) is 26.5. The first kappa shape index (κ1) is 30.6. The van der Waals surface area contributed by atoms with Crippen LogP contribution in [0.25, 0.3) is 16.8 Å². The standard InChI is InChI=1S/C37H31N3O5S/c1-4-43-28-17-14-25(15-18-28)34-33(36(42)44-5-2)23(3)39-37-40(34)35(41)32(46-37)20-30-29-13-9-8-10-24(29)16-19-31(30)45-22-27-12-7-6-11-26(27)21-38/h6-20,34H,4-5,22H2,1-3H3/b32-20-/t34-/m1/s1. The first-order chi connectivity index (χ1) is 22.4. The van der Waals surface area contributed by atoms with E-state index >= 15 is 0 Å². The monoisotopic (exact) mass is 629 g/mol. The molecule has 5 aromatic rings. The summed E-state index contributed by atoms with van der Waals surface area (Å²) in [5, 5.41) is 11.5. The van der Waals surface area contributed by atoms with Crippen LogP contribution >= 0.6 is 11.3 Å². The van der Waals surface area contributed by atoms with Gasteiger partial charge in [0, 0.05) is 11.1 Å². The molecule has 0 amide bonds. The highest BCUT2D eigenvalue weighted by atomic mass is 32.1. The first-order valence-electron chi connectivity index (χ1n) is 15.0. The number of aromatic nitrogens is 1. The van der Waals surface area contributed by atoms with Crippen molar-refractivity contribution in [2.75, 3.05) is 13.2 Å². The van der Waals surface area contributed by atoms with Gasteiger partial charge in [-0.15, -0.1) is 0 Å². The van der Waals surface area contributed by atoms with Crippen LogP contribution in [0.3, 0.4) is 0 Å². The third kappa shape index (κ3) is 5.83. The van der Waals surface area contributed by atoms with Gasteiger partial charge in [0.1, 0.15) is 18.1 Å². The molecule has 0 spiro atoms. The molecule has 0 bridgehead atoms. The second-order valence-electron chi connectivity index (χ2n) is 10.6. The number of fused-ring (bicyclic) bond motifs is 2. The summed E-state index contributed by atoms with van der Waals surface area (Å²) in [4.78, 5) is 32.8. The van der Waals surface area contributed by atoms with Crippen molar-refractivity contribution in [3.8, 4) is 17.6 Å². The van der Waals surface area contributed by atoms with Crippen LogP contribution in [0.1, 0.15) is 49.1 Å². The normalized spacial score (nSPS) is 14.4. The summed E-state index contributed by atoms with van der Waals surface area (Å²) in [6.45, 7) is 6.32. The van der Waals surface area contributed by atoms with E-state index in [2.05, 4.69) is 6.07 Å². The molecule has 0 aliphatic carbocycles. The van der Waals surface area contributed by atoms with Gasteiger partial charge in [0.25, 0.3) is 5.56 Å². The average molecular weight is 630 g/mol. The molecule has 1 atom stereocenters. The third-order valence-electron chi connectivity index (χ3n) is 7.75. The molecule has 1 aromatic heterocycles. The van der Waals surface area contributed by atoms with Gasteiger partial charge >= 0.3 is 5.97 Å². The Morgan fingerprint density at radius 3 is 2.50 bits per heavy atom. The summed E-state index contributed by atoms with van der Waals surface area (Å²) in [5.41, 5.74) is 3.30. The van der Waals surface area contributed by atoms with Gasteiger partial charge in [-0.3, -0.25) is 9.36 Å². The summed E-state index contributed by atoms with van der Waals surface area (Å²) in [5.74, 6) is 0.751. The Bertz CT molecular complexity index is 2210. The van der Waals surface area contributed by atoms with E-state index in [0.29, 0.717) is 44.3 Å². The fraction of sp³-hybridized carbons (Fsp3) is 0.189. The second-order valence-corrected chi connectivity index (χ2v) is 11.6. The molecule has 0 saturated heterocycles. The average Bonchev–Trinajstić information content (AvgIpc) is 3.38. The van der Waals surface area contributed by atoms with E-state index in [1.54, 1.807) is 24.5 Å². The lowest BCUT2D eigenvalue weighted by molar-refractivity contribution is -0.139. The lowest BCUT2D eigenvalue weighted by Gasteiger charge is -2.24. The fourth-order valence-electron chi connectivity index (χ4n) is 5.61. The number of carbonyl (C=O) groups excluding carboxylic acids is 1. The number of benzene rings is 4. The molecular formula is C37H31N3O5S. The summed E-state index contributed by atoms with van der Waals surface area (Å²) in [6.07, 6.45) is 1.83. The summed E-state index contributed by atoms with van der Waals surface area (Å²) < 4.78 is 19.4. The molecule has 0 N–H and O–H groups in total. The van der Waals surface area contributed by atoms with Crippen LogP contribution in [0.2, 0.25) is 0 Å². The van der Waals surface area contributed by atoms with Crippen molar-refractivity contribution in [3.63, 3.8) is 0 Å². The van der Waals surface area contributed by atoms with Crippen molar-refractivity contribution in [1.82, 2.24) is 4.57 Å². The van der Waals surface area contributed by atoms with Gasteiger partial charge in [-0.25, -0.2) is 9.79 Å². The maximum absolute atomic E-state index is 14.3. The van der Waals surface area contributed by atoms with E-state index in [-0.39, 0.29) is 18.8 Å². The Labute approximate surface area is 269 Å². The SMILES string of the molecule is CCOC(=O)C1=C(C)N=c2s/c(=C\c3c(OCc4ccccc4C#N)ccc4ccccc34)c(=O)n2[C@@H]1c1ccc(OCC)cc1. The predicted octanol–water partition coefficient (Wildman–Crippen LogP) is 5.80. The van der Waals surface area contributed by atoms with Crippen LogP contribution in [-0.2, 0) is 16.1 Å². The topological polar surface area (TPSA) is 103 Å². The number of esters is 1. The number of hydrogen-bond donors (Lipinski definition) is 0. The van der Waals surface area contributed by atoms with Crippen LogP contribution in [-0.4, -0.2) is 23.8 Å². The third-order valence-corrected chi connectivity index (χ3v) is 8.73. The molecule has 46 heavy (non-hydrogen) atoms. The maximum Gasteiger partial charge on any atom is 0.338 e. The zero-order valence-electron chi connectivity index (χ0n) is 25.7. The Morgan fingerprint density at radius 1 is 0.978 bits per heavy atom. The predicted molar refractivity (Wildman–Crippen MR) is 177 cm³/mol. The Morgan fingerprint density at radius 2 is 1.74 bits per heavy atom. The van der Waals surface area contributed by atoms with Crippen LogP contribution in [0.4, 0.5) is 0 Å². The highest BCUT2D eigenvalue weighted by Gasteiger charge is 2.33. The molecule has 0 radical (unpaired) electrons. The van der Waals surface area contributed by atoms with Gasteiger partial charge < -0.3 is 14.2 Å². The van der Waals surface area contributed by atoms with Gasteiger partial charge in [0.15, 0.2) is 4.80 Å². The number of nitrogens with zero attached hydrogens (tertiary/aromatic N) is 3. The van der Waals surface area contributed by atoms with Crippen LogP contribution in [0, 0.1) is 11.3 Å². The van der Waals surface area contributed by atoms with Gasteiger partial charge in [0.05, 0.1) is 46.7 Å². The molecule has 230 valence electrons. The van der Waals surface area contributed by atoms with Crippen LogP contribution in [0.5, 0.6) is 11.5 Å². The van der Waals surface area contributed by atoms with E-state index in [1.807, 2.05) is 91.9 Å². The highest BCUT2D eigenvalue weighted by Crippen LogP contribution is 2.33. The van der Waals surface area contributed by atoms with Crippen molar-refractivity contribution >= 4 is 34.2 Å². The van der Waals surface area contributed by atoms with Gasteiger partial charge in [-0.05, 0) is 67.4 Å². The molecule has 8 nitrogen and oxygen atoms in total. The molecule has 1 aliphatic rings. The lowest BCUT2D eigenvalue weighted by atomic mass is 9.96. The number of ether oxygens (including phenoxy) is 3. The van der Waals surface area contributed by atoms with Crippen molar-refractivity contribution in [1.29, 1.82) is 5.26 Å². The van der Waals surface area contributed by atoms with Crippen molar-refractivity contribution in [3.05, 3.63) is 138 Å². The molecule has 6 rings (SSSR count). The number of allylic oxidation sites excluding steroid dienone is 1. The van der Waals surface area contributed by atoms with Gasteiger partial charge in [0.2, 0.25) is 0 Å². The van der Waals surface area contributed by atoms with Crippen molar-refractivity contribution in [2.45, 2.75) is 33.4 Å². The largest absolute Gasteiger partial charge is 0.494 e. The van der Waals surface area contributed by atoms with E-state index < -0.39 is 12.0 Å². The molecule has 0 unspecified atom stereocenters. The quantitative estimate of drug-likeness (QED) is 0.191. The van der Waals surface area contributed by atoms with E-state index in [0.717, 1.165) is 27.5 Å². The van der Waals surface area contributed by atoms with Crippen molar-refractivity contribution < 1.29 is 19.0 Å². The number of hydrogen-bond acceptors (Lipinski definition) is 8. The van der Waals surface area contributed by atoms with E-state index in [4.69, 9.17) is 19.2 Å². The smallest absolute Gasteiger partial charge is 0.338 e. The van der Waals surface area contributed by atoms with E-state index in [1.165, 1.54) is 11.3 Å². The highest BCUT2D eigenvalue weighted by molar-refractivity contribution is 7.07. The second kappa shape index (κ2) is 13.3. The minimum atomic E-state index is -0.737. The summed E-state index contributed by atoms with van der Waals surface area (Å²) in [6, 6.07) is 27.9. The molecule has 9 heteroatoms. The number of carbonyl (C=O) groups is 1. The first-order valence-corrected chi connectivity index (χ1v) is 15.8. The van der Waals surface area contributed by atoms with Gasteiger partial charge in [-0.2, -0.15) is 5.26 Å². The zero-order chi connectivity index (χ0) is 32.2. The summed E-state index contributed by atoms with van der Waals surface area (Å²) in [7, 11) is 0. The number of rotatable bonds is 9. The Balaban J connectivity index is 1.51. The van der Waals surface area contributed by atoms with Gasteiger partial charge in [-0.1, -0.05) is 72.0 Å². The Hall–Kier alpha value is -5.46. The summed E-state index contributed by atoms with van der Waals surface area (Å²) >= 11 is 1.25. The molecular weight excluding hydrogens is 598 g/mol. The number of thiazole rings is 1. The Kier molecular flexibility index (Phi) is 8.81. The van der Waals surface area contributed by atoms with Crippen LogP contribution in [0.15, 0.2) is 106 Å². The maximum atomic E-state index is 14.3. The molecule has 1 aliphatic heterocycles. The number of nitriles is 1. The molecule has 0 fully saturated rings. The van der Waals surface area contributed by atoms with Crippen LogP contribution < -0.4 is 24.4 Å². The fourth-order valence-corrected chi connectivity index (χ4v) is 6.64. The van der Waals surface area contributed by atoms with E-state index in [9.17, 15) is 14.9 Å². The van der Waals surface area contributed by atoms with Crippen molar-refractivity contribution in [2.24, 2.45) is 4.99 Å². The molecule has 0 saturated carbocycles. The lowest BCUT2D eigenvalue weighted by Crippen LogP contribution is -2.39. The molecule has 4 aromatic carbocycles. The minimum absolute atomic E-state index is 0.185. The molecule has 2 heterocycles. The minimum Gasteiger partial charge on any atom is -0.494 e.